The number of hydrogen-bond donors (Lipinski definition) is 2. The van der Waals surface area contributed by atoms with Crippen LogP contribution in [0.5, 0.6) is 5.75 Å². The first-order valence-electron chi connectivity index (χ1n) is 6.51. The average molecular weight is 493 g/mol. The molecule has 0 aliphatic carbocycles. The number of phenols is 1. The highest BCUT2D eigenvalue weighted by molar-refractivity contribution is 9.11. The number of piperazine rings is 1. The molecular formula is C13H15Br3F2N2O. The normalized spacial score (nSPS) is 18.2. The monoisotopic (exact) mass is 490 g/mol. The van der Waals surface area contributed by atoms with Crippen LogP contribution in [0, 0.1) is 0 Å². The minimum Gasteiger partial charge on any atom is -0.506 e. The maximum absolute atomic E-state index is 13.0. The fourth-order valence-corrected chi connectivity index (χ4v) is 5.16. The number of nitrogens with one attached hydrogen (secondary N) is 1. The zero-order chi connectivity index (χ0) is 15.6. The Morgan fingerprint density at radius 3 is 2.38 bits per heavy atom. The molecule has 0 spiro atoms. The summed E-state index contributed by atoms with van der Waals surface area (Å²) in [4.78, 5) is 2.03. The minimum atomic E-state index is -2.41. The summed E-state index contributed by atoms with van der Waals surface area (Å²) in [6, 6.07) is 1.24. The molecule has 1 aromatic rings. The second kappa shape index (κ2) is 7.68. The highest BCUT2D eigenvalue weighted by Crippen LogP contribution is 2.45. The van der Waals surface area contributed by atoms with Gasteiger partial charge in [0.25, 0.3) is 0 Å². The van der Waals surface area contributed by atoms with Crippen LogP contribution in [0.4, 0.5) is 8.78 Å². The molecule has 2 rings (SSSR count). The van der Waals surface area contributed by atoms with Gasteiger partial charge in [0, 0.05) is 48.7 Å². The summed E-state index contributed by atoms with van der Waals surface area (Å²) in [5.41, 5.74) is 0.665. The molecule has 1 aliphatic heterocycles. The number of rotatable bonds is 4. The van der Waals surface area contributed by atoms with Gasteiger partial charge in [0.2, 0.25) is 6.43 Å². The van der Waals surface area contributed by atoms with Gasteiger partial charge in [0.15, 0.2) is 0 Å². The summed E-state index contributed by atoms with van der Waals surface area (Å²) in [6.45, 7) is 2.95. The molecule has 0 radical (unpaired) electrons. The van der Waals surface area contributed by atoms with Crippen molar-refractivity contribution in [1.29, 1.82) is 0 Å². The van der Waals surface area contributed by atoms with Crippen molar-refractivity contribution in [1.82, 2.24) is 10.2 Å². The van der Waals surface area contributed by atoms with Gasteiger partial charge in [-0.3, -0.25) is 4.90 Å². The van der Waals surface area contributed by atoms with Crippen LogP contribution in [-0.4, -0.2) is 42.6 Å². The van der Waals surface area contributed by atoms with Crippen LogP contribution in [0.15, 0.2) is 19.5 Å². The van der Waals surface area contributed by atoms with Gasteiger partial charge in [-0.25, -0.2) is 8.78 Å². The topological polar surface area (TPSA) is 35.5 Å². The molecule has 3 nitrogen and oxygen atoms in total. The lowest BCUT2D eigenvalue weighted by Crippen LogP contribution is -2.45. The molecule has 1 atom stereocenters. The number of phenolic OH excluding ortho intramolecular Hbond substituents is 1. The zero-order valence-corrected chi connectivity index (χ0v) is 15.8. The SMILES string of the molecule is Oc1c(Br)cc(Br)c([C@H](CC(F)F)N2CCNCC2)c1Br. The van der Waals surface area contributed by atoms with Gasteiger partial charge >= 0.3 is 0 Å². The van der Waals surface area contributed by atoms with E-state index in [2.05, 4.69) is 53.1 Å². The highest BCUT2D eigenvalue weighted by Gasteiger charge is 2.30. The summed E-state index contributed by atoms with van der Waals surface area (Å²) in [6.07, 6.45) is -2.67. The smallest absolute Gasteiger partial charge is 0.240 e. The third kappa shape index (κ3) is 4.16. The molecule has 8 heteroatoms. The van der Waals surface area contributed by atoms with E-state index in [1.165, 1.54) is 0 Å². The van der Waals surface area contributed by atoms with Crippen LogP contribution in [0.1, 0.15) is 18.0 Å². The van der Waals surface area contributed by atoms with Crippen molar-refractivity contribution in [2.24, 2.45) is 0 Å². The molecule has 0 aromatic heterocycles. The van der Waals surface area contributed by atoms with Crippen molar-refractivity contribution in [3.05, 3.63) is 25.0 Å². The number of aromatic hydroxyl groups is 1. The zero-order valence-electron chi connectivity index (χ0n) is 11.1. The molecule has 0 unspecified atom stereocenters. The Morgan fingerprint density at radius 1 is 1.19 bits per heavy atom. The van der Waals surface area contributed by atoms with Crippen LogP contribution in [0.25, 0.3) is 0 Å². The lowest BCUT2D eigenvalue weighted by Gasteiger charge is -2.36. The molecular weight excluding hydrogens is 478 g/mol. The highest BCUT2D eigenvalue weighted by atomic mass is 79.9. The maximum atomic E-state index is 13.0. The maximum Gasteiger partial charge on any atom is 0.240 e. The Morgan fingerprint density at radius 2 is 1.81 bits per heavy atom. The van der Waals surface area contributed by atoms with E-state index in [0.717, 1.165) is 13.1 Å². The van der Waals surface area contributed by atoms with Crippen molar-refractivity contribution >= 4 is 47.8 Å². The van der Waals surface area contributed by atoms with Gasteiger partial charge in [-0.2, -0.15) is 0 Å². The fourth-order valence-electron chi connectivity index (χ4n) is 2.51. The number of nitrogens with zero attached hydrogens (tertiary/aromatic N) is 1. The third-order valence-corrected chi connectivity index (χ3v) is 5.57. The molecule has 1 saturated heterocycles. The second-order valence-electron chi connectivity index (χ2n) is 4.85. The molecule has 118 valence electrons. The summed E-state index contributed by atoms with van der Waals surface area (Å²) >= 11 is 10.0. The van der Waals surface area contributed by atoms with Gasteiger partial charge in [-0.1, -0.05) is 15.9 Å². The number of hydrogen-bond acceptors (Lipinski definition) is 3. The van der Waals surface area contributed by atoms with Crippen LogP contribution < -0.4 is 5.32 Å². The average Bonchev–Trinajstić information content (AvgIpc) is 2.44. The first-order valence-corrected chi connectivity index (χ1v) is 8.89. The molecule has 2 N–H and O–H groups in total. The quantitative estimate of drug-likeness (QED) is 0.658. The van der Waals surface area contributed by atoms with Crippen LogP contribution in [0.3, 0.4) is 0 Å². The van der Waals surface area contributed by atoms with Crippen molar-refractivity contribution in [3.63, 3.8) is 0 Å². The standard InChI is InChI=1S/C13H15Br3F2N2O/c14-7-5-8(15)13(21)12(16)11(7)9(6-10(17)18)20-3-1-19-2-4-20/h5,9-10,19,21H,1-4,6H2/t9-/m0/s1. The molecule has 1 aromatic carbocycles. The predicted octanol–water partition coefficient (Wildman–Crippen LogP) is 4.28. The van der Waals surface area contributed by atoms with Gasteiger partial charge in [-0.05, 0) is 37.9 Å². The summed E-state index contributed by atoms with van der Waals surface area (Å²) in [5.74, 6) is 0.0302. The summed E-state index contributed by atoms with van der Waals surface area (Å²) in [5, 5.41) is 13.3. The van der Waals surface area contributed by atoms with Gasteiger partial charge in [0.05, 0.1) is 8.95 Å². The van der Waals surface area contributed by atoms with Crippen molar-refractivity contribution in [3.8, 4) is 5.75 Å². The molecule has 1 fully saturated rings. The molecule has 0 amide bonds. The lowest BCUT2D eigenvalue weighted by atomic mass is 10.0. The van der Waals surface area contributed by atoms with Crippen molar-refractivity contribution in [2.45, 2.75) is 18.9 Å². The Bertz CT molecular complexity index is 511. The van der Waals surface area contributed by atoms with Crippen molar-refractivity contribution in [2.75, 3.05) is 26.2 Å². The third-order valence-electron chi connectivity index (χ3n) is 3.51. The van der Waals surface area contributed by atoms with E-state index in [1.54, 1.807) is 6.07 Å². The van der Waals surface area contributed by atoms with Crippen LogP contribution in [-0.2, 0) is 0 Å². The Labute approximate surface area is 147 Å². The predicted molar refractivity (Wildman–Crippen MR) is 89.0 cm³/mol. The summed E-state index contributed by atoms with van der Waals surface area (Å²) in [7, 11) is 0. The van der Waals surface area contributed by atoms with E-state index >= 15 is 0 Å². The number of alkyl halides is 2. The van der Waals surface area contributed by atoms with E-state index in [0.29, 0.717) is 32.1 Å². The number of halogens is 5. The lowest BCUT2D eigenvalue weighted by molar-refractivity contribution is 0.0732. The van der Waals surface area contributed by atoms with E-state index in [4.69, 9.17) is 0 Å². The molecule has 21 heavy (non-hydrogen) atoms. The summed E-state index contributed by atoms with van der Waals surface area (Å²) < 4.78 is 27.7. The second-order valence-corrected chi connectivity index (χ2v) is 7.35. The van der Waals surface area contributed by atoms with E-state index < -0.39 is 12.5 Å². The first kappa shape index (κ1) is 17.6. The van der Waals surface area contributed by atoms with Gasteiger partial charge < -0.3 is 10.4 Å². The van der Waals surface area contributed by atoms with Gasteiger partial charge in [-0.15, -0.1) is 0 Å². The van der Waals surface area contributed by atoms with Crippen LogP contribution in [0.2, 0.25) is 0 Å². The number of benzene rings is 1. The molecule has 0 saturated carbocycles. The Hall–Kier alpha value is 0.240. The van der Waals surface area contributed by atoms with Crippen molar-refractivity contribution < 1.29 is 13.9 Å². The first-order chi connectivity index (χ1) is 9.91. The van der Waals surface area contributed by atoms with Gasteiger partial charge in [0.1, 0.15) is 5.75 Å². The fraction of sp³-hybridized carbons (Fsp3) is 0.538. The largest absolute Gasteiger partial charge is 0.506 e. The van der Waals surface area contributed by atoms with E-state index in [1.807, 2.05) is 4.90 Å². The van der Waals surface area contributed by atoms with E-state index in [-0.39, 0.29) is 12.2 Å². The minimum absolute atomic E-state index is 0.0302. The van der Waals surface area contributed by atoms with Crippen LogP contribution >= 0.6 is 47.8 Å². The van der Waals surface area contributed by atoms with E-state index in [9.17, 15) is 13.9 Å². The molecule has 1 heterocycles. The molecule has 1 aliphatic rings. The Balaban J connectivity index is 2.43. The molecule has 0 bridgehead atoms. The Kier molecular flexibility index (Phi) is 6.43.